The summed E-state index contributed by atoms with van der Waals surface area (Å²) < 4.78 is 1.15. The van der Waals surface area contributed by atoms with Crippen molar-refractivity contribution < 1.29 is 9.90 Å². The molecule has 1 saturated carbocycles. The molecule has 1 aliphatic rings. The monoisotopic (exact) mass is 289 g/mol. The van der Waals surface area contributed by atoms with E-state index >= 15 is 0 Å². The van der Waals surface area contributed by atoms with Crippen LogP contribution in [-0.4, -0.2) is 23.7 Å². The number of benzene rings is 1. The summed E-state index contributed by atoms with van der Waals surface area (Å²) in [6.07, 6.45) is 2.68. The van der Waals surface area contributed by atoms with Crippen molar-refractivity contribution in [3.8, 4) is 0 Å². The predicted octanol–water partition coefficient (Wildman–Crippen LogP) is 3.10. The zero-order valence-electron chi connectivity index (χ0n) is 11.6. The molecule has 20 heavy (non-hydrogen) atoms. The van der Waals surface area contributed by atoms with Crippen LogP contribution in [0.4, 0.5) is 0 Å². The highest BCUT2D eigenvalue weighted by Crippen LogP contribution is 2.30. The molecule has 3 rings (SSSR count). The Hall–Kier alpha value is -1.39. The number of aliphatic hydroxyl groups is 1. The van der Waals surface area contributed by atoms with Gasteiger partial charge in [0.25, 0.3) is 5.91 Å². The highest BCUT2D eigenvalue weighted by Gasteiger charge is 2.26. The lowest BCUT2D eigenvalue weighted by atomic mass is 10.1. The third-order valence-electron chi connectivity index (χ3n) is 4.19. The number of amides is 1. The molecule has 0 saturated heterocycles. The molecule has 3 nitrogen and oxygen atoms in total. The van der Waals surface area contributed by atoms with E-state index in [1.54, 1.807) is 11.3 Å². The van der Waals surface area contributed by atoms with Crippen molar-refractivity contribution in [1.82, 2.24) is 5.32 Å². The van der Waals surface area contributed by atoms with Gasteiger partial charge in [0.15, 0.2) is 0 Å². The molecule has 2 unspecified atom stereocenters. The van der Waals surface area contributed by atoms with E-state index in [-0.39, 0.29) is 17.9 Å². The first-order valence-corrected chi connectivity index (χ1v) is 7.93. The lowest BCUT2D eigenvalue weighted by Crippen LogP contribution is -2.32. The topological polar surface area (TPSA) is 49.3 Å². The van der Waals surface area contributed by atoms with Crippen LogP contribution in [0.15, 0.2) is 24.3 Å². The molecule has 1 heterocycles. The fraction of sp³-hybridized carbons (Fsp3) is 0.438. The van der Waals surface area contributed by atoms with Crippen LogP contribution >= 0.6 is 11.3 Å². The van der Waals surface area contributed by atoms with E-state index in [1.807, 2.05) is 25.1 Å². The van der Waals surface area contributed by atoms with Gasteiger partial charge in [-0.05, 0) is 36.8 Å². The summed E-state index contributed by atoms with van der Waals surface area (Å²) in [5, 5.41) is 13.9. The zero-order chi connectivity index (χ0) is 14.1. The lowest BCUT2D eigenvalue weighted by molar-refractivity contribution is 0.0920. The van der Waals surface area contributed by atoms with Crippen LogP contribution in [0.25, 0.3) is 10.1 Å². The van der Waals surface area contributed by atoms with E-state index in [0.29, 0.717) is 6.54 Å². The second-order valence-electron chi connectivity index (χ2n) is 5.52. The number of nitrogens with one attached hydrogen (secondary N) is 1. The van der Waals surface area contributed by atoms with E-state index in [2.05, 4.69) is 11.4 Å². The lowest BCUT2D eigenvalue weighted by Gasteiger charge is -2.14. The summed E-state index contributed by atoms with van der Waals surface area (Å²) >= 11 is 1.54. The van der Waals surface area contributed by atoms with Gasteiger partial charge in [0, 0.05) is 17.2 Å². The number of thiophene rings is 1. The van der Waals surface area contributed by atoms with Crippen LogP contribution < -0.4 is 5.32 Å². The number of rotatable bonds is 3. The van der Waals surface area contributed by atoms with Gasteiger partial charge in [-0.15, -0.1) is 11.3 Å². The fourth-order valence-corrected chi connectivity index (χ4v) is 4.08. The molecule has 0 spiro atoms. The molecule has 1 fully saturated rings. The van der Waals surface area contributed by atoms with Crippen molar-refractivity contribution in [2.45, 2.75) is 32.3 Å². The first-order valence-electron chi connectivity index (χ1n) is 7.11. The first kappa shape index (κ1) is 13.6. The van der Waals surface area contributed by atoms with E-state index < -0.39 is 0 Å². The Bertz CT molecular complexity index is 634. The van der Waals surface area contributed by atoms with Crippen molar-refractivity contribution in [3.63, 3.8) is 0 Å². The SMILES string of the molecule is Cc1c(C(=O)NCC2CCCC2O)sc2ccccc12. The van der Waals surface area contributed by atoms with Gasteiger partial charge in [0.2, 0.25) is 0 Å². The van der Waals surface area contributed by atoms with Crippen LogP contribution in [0.2, 0.25) is 0 Å². The minimum Gasteiger partial charge on any atom is -0.393 e. The summed E-state index contributed by atoms with van der Waals surface area (Å²) in [7, 11) is 0. The summed E-state index contributed by atoms with van der Waals surface area (Å²) in [6, 6.07) is 8.09. The maximum Gasteiger partial charge on any atom is 0.261 e. The fourth-order valence-electron chi connectivity index (χ4n) is 2.95. The smallest absolute Gasteiger partial charge is 0.261 e. The molecule has 1 aromatic carbocycles. The molecule has 0 aliphatic heterocycles. The molecule has 2 atom stereocenters. The van der Waals surface area contributed by atoms with Crippen molar-refractivity contribution in [3.05, 3.63) is 34.7 Å². The maximum atomic E-state index is 12.3. The van der Waals surface area contributed by atoms with E-state index in [0.717, 1.165) is 39.8 Å². The predicted molar refractivity (Wildman–Crippen MR) is 82.2 cm³/mol. The van der Waals surface area contributed by atoms with Gasteiger partial charge in [0.05, 0.1) is 11.0 Å². The van der Waals surface area contributed by atoms with Crippen LogP contribution in [0.1, 0.15) is 34.5 Å². The Labute approximate surface area is 122 Å². The van der Waals surface area contributed by atoms with Gasteiger partial charge in [0.1, 0.15) is 0 Å². The Morgan fingerprint density at radius 1 is 1.40 bits per heavy atom. The van der Waals surface area contributed by atoms with Crippen molar-refractivity contribution in [2.75, 3.05) is 6.54 Å². The number of hydrogen-bond acceptors (Lipinski definition) is 3. The van der Waals surface area contributed by atoms with Crippen LogP contribution in [-0.2, 0) is 0 Å². The maximum absolute atomic E-state index is 12.3. The van der Waals surface area contributed by atoms with Gasteiger partial charge in [-0.2, -0.15) is 0 Å². The number of fused-ring (bicyclic) bond motifs is 1. The van der Waals surface area contributed by atoms with E-state index in [9.17, 15) is 9.90 Å². The standard InChI is InChI=1S/C16H19NO2S/c1-10-12-6-2-3-8-14(12)20-15(10)16(19)17-9-11-5-4-7-13(11)18/h2-3,6,8,11,13,18H,4-5,7,9H2,1H3,(H,17,19). The minimum absolute atomic E-state index is 0.0113. The van der Waals surface area contributed by atoms with E-state index in [4.69, 9.17) is 0 Å². The van der Waals surface area contributed by atoms with Crippen molar-refractivity contribution in [1.29, 1.82) is 0 Å². The Morgan fingerprint density at radius 3 is 2.90 bits per heavy atom. The summed E-state index contributed by atoms with van der Waals surface area (Å²) in [5.74, 6) is 0.205. The van der Waals surface area contributed by atoms with Gasteiger partial charge >= 0.3 is 0 Å². The largest absolute Gasteiger partial charge is 0.393 e. The number of hydrogen-bond donors (Lipinski definition) is 2. The van der Waals surface area contributed by atoms with Gasteiger partial charge in [-0.3, -0.25) is 4.79 Å². The molecule has 4 heteroatoms. The molecule has 106 valence electrons. The second kappa shape index (κ2) is 5.54. The van der Waals surface area contributed by atoms with Gasteiger partial charge in [-0.25, -0.2) is 0 Å². The van der Waals surface area contributed by atoms with Crippen LogP contribution in [0.3, 0.4) is 0 Å². The van der Waals surface area contributed by atoms with Crippen LogP contribution in [0.5, 0.6) is 0 Å². The third kappa shape index (κ3) is 2.45. The van der Waals surface area contributed by atoms with Crippen molar-refractivity contribution >= 4 is 27.3 Å². The molecule has 1 aromatic heterocycles. The third-order valence-corrected chi connectivity index (χ3v) is 5.47. The molecule has 1 amide bonds. The average Bonchev–Trinajstić information content (AvgIpc) is 3.01. The number of aryl methyl sites for hydroxylation is 1. The second-order valence-corrected chi connectivity index (χ2v) is 6.57. The Balaban J connectivity index is 1.74. The minimum atomic E-state index is -0.251. The molecule has 0 bridgehead atoms. The number of aliphatic hydroxyl groups excluding tert-OH is 1. The number of carbonyl (C=O) groups excluding carboxylic acids is 1. The Morgan fingerprint density at radius 2 is 2.20 bits per heavy atom. The molecular formula is C16H19NO2S. The van der Waals surface area contributed by atoms with Crippen molar-refractivity contribution in [2.24, 2.45) is 5.92 Å². The molecular weight excluding hydrogens is 270 g/mol. The van der Waals surface area contributed by atoms with Crippen LogP contribution in [0, 0.1) is 12.8 Å². The normalized spacial score (nSPS) is 22.3. The molecule has 1 aliphatic carbocycles. The van der Waals surface area contributed by atoms with Gasteiger partial charge in [-0.1, -0.05) is 24.6 Å². The zero-order valence-corrected chi connectivity index (χ0v) is 12.4. The summed E-state index contributed by atoms with van der Waals surface area (Å²) in [6.45, 7) is 2.58. The molecule has 2 N–H and O–H groups in total. The van der Waals surface area contributed by atoms with Gasteiger partial charge < -0.3 is 10.4 Å². The Kier molecular flexibility index (Phi) is 3.76. The average molecular weight is 289 g/mol. The molecule has 0 radical (unpaired) electrons. The first-order chi connectivity index (χ1) is 9.66. The highest BCUT2D eigenvalue weighted by atomic mass is 32.1. The molecule has 2 aromatic rings. The van der Waals surface area contributed by atoms with E-state index in [1.165, 1.54) is 0 Å². The summed E-state index contributed by atoms with van der Waals surface area (Å²) in [4.78, 5) is 13.1. The number of carbonyl (C=O) groups is 1. The summed E-state index contributed by atoms with van der Waals surface area (Å²) in [5.41, 5.74) is 1.05. The quantitative estimate of drug-likeness (QED) is 0.912. The highest BCUT2D eigenvalue weighted by molar-refractivity contribution is 7.21.